The van der Waals surface area contributed by atoms with Crippen molar-refractivity contribution in [3.8, 4) is 5.75 Å². The van der Waals surface area contributed by atoms with E-state index >= 15 is 0 Å². The topological polar surface area (TPSA) is 55.4 Å². The summed E-state index contributed by atoms with van der Waals surface area (Å²) in [6.45, 7) is 0.530. The van der Waals surface area contributed by atoms with Gasteiger partial charge in [-0.15, -0.1) is 0 Å². The van der Waals surface area contributed by atoms with Gasteiger partial charge in [-0.25, -0.2) is 21.9 Å². The molecule has 0 unspecified atom stereocenters. The molecule has 4 nitrogen and oxygen atoms in total. The normalized spacial score (nSPS) is 11.4. The SMILES string of the molecule is O=S(=O)(CCc1ccccc1F)NCCCOc1ccc(F)cc1. The summed E-state index contributed by atoms with van der Waals surface area (Å²) in [5.41, 5.74) is 0.377. The number of aryl methyl sites for hydroxylation is 1. The molecule has 130 valence electrons. The van der Waals surface area contributed by atoms with Crippen molar-refractivity contribution in [1.29, 1.82) is 0 Å². The van der Waals surface area contributed by atoms with Gasteiger partial charge in [0.2, 0.25) is 10.0 Å². The minimum atomic E-state index is -3.47. The van der Waals surface area contributed by atoms with Gasteiger partial charge in [-0.05, 0) is 48.7 Å². The summed E-state index contributed by atoms with van der Waals surface area (Å²) >= 11 is 0. The lowest BCUT2D eigenvalue weighted by Crippen LogP contribution is -2.29. The molecule has 2 aromatic rings. The zero-order chi connectivity index (χ0) is 17.4. The van der Waals surface area contributed by atoms with Crippen molar-refractivity contribution in [2.75, 3.05) is 18.9 Å². The lowest BCUT2D eigenvalue weighted by molar-refractivity contribution is 0.311. The number of nitrogens with one attached hydrogen (secondary N) is 1. The Balaban J connectivity index is 1.67. The standard InChI is InChI=1S/C17H19F2NO3S/c18-15-6-8-16(9-7-15)23-12-3-11-20-24(21,22)13-10-14-4-1-2-5-17(14)19/h1-2,4-9,20H,3,10-13H2. The van der Waals surface area contributed by atoms with Gasteiger partial charge in [-0.3, -0.25) is 0 Å². The van der Waals surface area contributed by atoms with Gasteiger partial charge in [0.05, 0.1) is 12.4 Å². The Bertz CT molecular complexity index is 749. The molecule has 0 saturated heterocycles. The summed E-state index contributed by atoms with van der Waals surface area (Å²) in [6, 6.07) is 11.7. The first-order valence-corrected chi connectivity index (χ1v) is 9.20. The summed E-state index contributed by atoms with van der Waals surface area (Å²) in [5, 5.41) is 0. The number of halogens is 2. The van der Waals surface area contributed by atoms with Crippen molar-refractivity contribution >= 4 is 10.0 Å². The van der Waals surface area contributed by atoms with E-state index in [2.05, 4.69) is 4.72 Å². The van der Waals surface area contributed by atoms with Crippen molar-refractivity contribution in [2.24, 2.45) is 0 Å². The lowest BCUT2D eigenvalue weighted by atomic mass is 10.2. The van der Waals surface area contributed by atoms with E-state index < -0.39 is 15.8 Å². The third kappa shape index (κ3) is 6.25. The van der Waals surface area contributed by atoms with Crippen molar-refractivity contribution in [3.63, 3.8) is 0 Å². The molecular weight excluding hydrogens is 336 g/mol. The highest BCUT2D eigenvalue weighted by atomic mass is 32.2. The van der Waals surface area contributed by atoms with Gasteiger partial charge in [-0.2, -0.15) is 0 Å². The summed E-state index contributed by atoms with van der Waals surface area (Å²) < 4.78 is 57.7. The summed E-state index contributed by atoms with van der Waals surface area (Å²) in [6.07, 6.45) is 0.588. The van der Waals surface area contributed by atoms with Crippen LogP contribution in [-0.2, 0) is 16.4 Å². The van der Waals surface area contributed by atoms with Crippen LogP contribution in [-0.4, -0.2) is 27.3 Å². The predicted molar refractivity (Wildman–Crippen MR) is 88.4 cm³/mol. The molecule has 0 aliphatic carbocycles. The Morgan fingerprint density at radius 3 is 2.42 bits per heavy atom. The second kappa shape index (κ2) is 8.75. The van der Waals surface area contributed by atoms with Crippen LogP contribution in [0.1, 0.15) is 12.0 Å². The zero-order valence-corrected chi connectivity index (χ0v) is 13.9. The van der Waals surface area contributed by atoms with E-state index in [1.54, 1.807) is 18.2 Å². The number of hydrogen-bond donors (Lipinski definition) is 1. The van der Waals surface area contributed by atoms with E-state index in [0.717, 1.165) is 0 Å². The molecule has 24 heavy (non-hydrogen) atoms. The maximum atomic E-state index is 13.4. The van der Waals surface area contributed by atoms with Gasteiger partial charge >= 0.3 is 0 Å². The maximum Gasteiger partial charge on any atom is 0.211 e. The molecule has 2 rings (SSSR count). The van der Waals surface area contributed by atoms with Crippen molar-refractivity contribution in [2.45, 2.75) is 12.8 Å². The molecule has 0 aromatic heterocycles. The Kier molecular flexibility index (Phi) is 6.69. The van der Waals surface area contributed by atoms with Crippen LogP contribution in [0.15, 0.2) is 48.5 Å². The number of rotatable bonds is 9. The molecule has 0 bridgehead atoms. The zero-order valence-electron chi connectivity index (χ0n) is 13.0. The van der Waals surface area contributed by atoms with Crippen LogP contribution in [0.2, 0.25) is 0 Å². The van der Waals surface area contributed by atoms with Gasteiger partial charge in [-0.1, -0.05) is 18.2 Å². The first kappa shape index (κ1) is 18.4. The smallest absolute Gasteiger partial charge is 0.211 e. The number of hydrogen-bond acceptors (Lipinski definition) is 3. The Morgan fingerprint density at radius 1 is 1.00 bits per heavy atom. The van der Waals surface area contributed by atoms with Crippen molar-refractivity contribution in [3.05, 3.63) is 65.7 Å². The van der Waals surface area contributed by atoms with Crippen LogP contribution in [0.25, 0.3) is 0 Å². The molecule has 0 saturated carbocycles. The second-order valence-corrected chi connectivity index (χ2v) is 7.14. The fourth-order valence-corrected chi connectivity index (χ4v) is 3.13. The van der Waals surface area contributed by atoms with Crippen LogP contribution in [0.5, 0.6) is 5.75 Å². The van der Waals surface area contributed by atoms with E-state index in [1.165, 1.54) is 30.3 Å². The molecule has 0 heterocycles. The minimum absolute atomic E-state index is 0.119. The molecular formula is C17H19F2NO3S. The van der Waals surface area contributed by atoms with Gasteiger partial charge in [0.25, 0.3) is 0 Å². The summed E-state index contributed by atoms with van der Waals surface area (Å²) in [7, 11) is -3.47. The average molecular weight is 355 g/mol. The highest BCUT2D eigenvalue weighted by Gasteiger charge is 2.11. The van der Waals surface area contributed by atoms with Crippen LogP contribution in [0.4, 0.5) is 8.78 Å². The largest absolute Gasteiger partial charge is 0.494 e. The maximum absolute atomic E-state index is 13.4. The quantitative estimate of drug-likeness (QED) is 0.704. The lowest BCUT2D eigenvalue weighted by Gasteiger charge is -2.08. The predicted octanol–water partition coefficient (Wildman–Crippen LogP) is 2.90. The van der Waals surface area contributed by atoms with Crippen LogP contribution in [0.3, 0.4) is 0 Å². The first-order chi connectivity index (χ1) is 11.5. The molecule has 0 fully saturated rings. The number of sulfonamides is 1. The Morgan fingerprint density at radius 2 is 1.71 bits per heavy atom. The Hall–Kier alpha value is -1.99. The summed E-state index contributed by atoms with van der Waals surface area (Å²) in [5.74, 6) is -0.392. The molecule has 0 aliphatic heterocycles. The Labute approximate surface area is 140 Å². The molecule has 0 radical (unpaired) electrons. The van der Waals surface area contributed by atoms with Crippen molar-refractivity contribution < 1.29 is 21.9 Å². The molecule has 2 aromatic carbocycles. The van der Waals surface area contributed by atoms with Gasteiger partial charge in [0.15, 0.2) is 0 Å². The minimum Gasteiger partial charge on any atom is -0.494 e. The highest BCUT2D eigenvalue weighted by Crippen LogP contribution is 2.11. The molecule has 0 amide bonds. The second-order valence-electron chi connectivity index (χ2n) is 5.21. The summed E-state index contributed by atoms with van der Waals surface area (Å²) in [4.78, 5) is 0. The molecule has 0 aliphatic rings. The first-order valence-electron chi connectivity index (χ1n) is 7.55. The third-order valence-corrected chi connectivity index (χ3v) is 4.71. The third-order valence-electron chi connectivity index (χ3n) is 3.32. The monoisotopic (exact) mass is 355 g/mol. The fourth-order valence-electron chi connectivity index (χ4n) is 2.04. The van der Waals surface area contributed by atoms with E-state index in [4.69, 9.17) is 4.74 Å². The van der Waals surface area contributed by atoms with Crippen LogP contribution < -0.4 is 9.46 Å². The molecule has 0 atom stereocenters. The van der Waals surface area contributed by atoms with Gasteiger partial charge in [0.1, 0.15) is 17.4 Å². The van der Waals surface area contributed by atoms with E-state index in [0.29, 0.717) is 24.3 Å². The molecule has 0 spiro atoms. The number of ether oxygens (including phenoxy) is 1. The molecule has 7 heteroatoms. The van der Waals surface area contributed by atoms with E-state index in [-0.39, 0.29) is 24.5 Å². The fraction of sp³-hybridized carbons (Fsp3) is 0.294. The average Bonchev–Trinajstić information content (AvgIpc) is 2.55. The van der Waals surface area contributed by atoms with Gasteiger partial charge < -0.3 is 4.74 Å². The van der Waals surface area contributed by atoms with E-state index in [1.807, 2.05) is 0 Å². The van der Waals surface area contributed by atoms with Crippen molar-refractivity contribution in [1.82, 2.24) is 4.72 Å². The number of benzene rings is 2. The van der Waals surface area contributed by atoms with E-state index in [9.17, 15) is 17.2 Å². The van der Waals surface area contributed by atoms with Crippen LogP contribution in [0, 0.1) is 11.6 Å². The highest BCUT2D eigenvalue weighted by molar-refractivity contribution is 7.89. The molecule has 1 N–H and O–H groups in total. The van der Waals surface area contributed by atoms with Gasteiger partial charge in [0, 0.05) is 6.54 Å². The van der Waals surface area contributed by atoms with Crippen LogP contribution >= 0.6 is 0 Å².